The highest BCUT2D eigenvalue weighted by Gasteiger charge is 2.26. The maximum Gasteiger partial charge on any atom is 0.250 e. The van der Waals surface area contributed by atoms with Crippen LogP contribution in [0.3, 0.4) is 0 Å². The van der Waals surface area contributed by atoms with E-state index in [1.54, 1.807) is 4.68 Å². The van der Waals surface area contributed by atoms with E-state index in [1.807, 2.05) is 30.3 Å². The number of para-hydroxylation sites is 1. The molecule has 1 aliphatic rings. The first-order valence-electron chi connectivity index (χ1n) is 8.28. The predicted molar refractivity (Wildman–Crippen MR) is 91.2 cm³/mol. The van der Waals surface area contributed by atoms with Crippen molar-refractivity contribution in [1.82, 2.24) is 29.8 Å². The molecule has 0 saturated heterocycles. The van der Waals surface area contributed by atoms with Crippen LogP contribution >= 0.6 is 0 Å². The van der Waals surface area contributed by atoms with Gasteiger partial charge in [-0.05, 0) is 22.6 Å². The highest BCUT2D eigenvalue weighted by molar-refractivity contribution is 5.42. The van der Waals surface area contributed by atoms with E-state index in [4.69, 9.17) is 4.98 Å². The summed E-state index contributed by atoms with van der Waals surface area (Å²) in [7, 11) is 2.12. The molecule has 0 aliphatic carbocycles. The molecule has 0 N–H and O–H groups in total. The van der Waals surface area contributed by atoms with E-state index < -0.39 is 0 Å². The molecule has 4 rings (SSSR count). The van der Waals surface area contributed by atoms with E-state index >= 15 is 0 Å². The Labute approximate surface area is 140 Å². The van der Waals surface area contributed by atoms with Gasteiger partial charge in [-0.1, -0.05) is 37.1 Å². The molecule has 7 heteroatoms. The maximum atomic E-state index is 4.86. The van der Waals surface area contributed by atoms with Crippen LogP contribution in [0.25, 0.3) is 5.69 Å². The molecule has 3 heterocycles. The monoisotopic (exact) mass is 323 g/mol. The minimum absolute atomic E-state index is 0.420. The van der Waals surface area contributed by atoms with Crippen LogP contribution in [-0.2, 0) is 20.0 Å². The van der Waals surface area contributed by atoms with E-state index in [-0.39, 0.29) is 0 Å². The molecule has 0 bridgehead atoms. The van der Waals surface area contributed by atoms with E-state index in [0.717, 1.165) is 42.7 Å². The number of hydrogen-bond acceptors (Lipinski definition) is 5. The predicted octanol–water partition coefficient (Wildman–Crippen LogP) is 2.08. The number of tetrazole rings is 1. The van der Waals surface area contributed by atoms with Crippen molar-refractivity contribution < 1.29 is 0 Å². The molecular formula is C17H21N7. The first-order valence-corrected chi connectivity index (χ1v) is 8.28. The summed E-state index contributed by atoms with van der Waals surface area (Å²) in [6.45, 7) is 5.99. The van der Waals surface area contributed by atoms with Crippen LogP contribution in [0.4, 0.5) is 5.95 Å². The molecule has 0 radical (unpaired) electrons. The Morgan fingerprint density at radius 1 is 1.12 bits per heavy atom. The Morgan fingerprint density at radius 2 is 1.92 bits per heavy atom. The van der Waals surface area contributed by atoms with Crippen LogP contribution in [0.15, 0.2) is 30.3 Å². The summed E-state index contributed by atoms with van der Waals surface area (Å²) in [6, 6.07) is 9.98. The lowest BCUT2D eigenvalue weighted by molar-refractivity contribution is 0.646. The van der Waals surface area contributed by atoms with E-state index in [0.29, 0.717) is 5.92 Å². The molecule has 1 aromatic carbocycles. The topological polar surface area (TPSA) is 64.7 Å². The van der Waals surface area contributed by atoms with Crippen LogP contribution in [0.5, 0.6) is 0 Å². The van der Waals surface area contributed by atoms with Crippen molar-refractivity contribution >= 4 is 5.95 Å². The minimum atomic E-state index is 0.420. The van der Waals surface area contributed by atoms with Gasteiger partial charge in [0.1, 0.15) is 5.82 Å². The molecule has 0 spiro atoms. The van der Waals surface area contributed by atoms with Crippen molar-refractivity contribution in [3.8, 4) is 5.69 Å². The van der Waals surface area contributed by atoms with Gasteiger partial charge in [0.2, 0.25) is 0 Å². The molecule has 0 amide bonds. The summed E-state index contributed by atoms with van der Waals surface area (Å²) < 4.78 is 4.04. The van der Waals surface area contributed by atoms with Gasteiger partial charge in [-0.3, -0.25) is 0 Å². The lowest BCUT2D eigenvalue weighted by Gasteiger charge is -2.27. The van der Waals surface area contributed by atoms with Crippen molar-refractivity contribution in [2.45, 2.75) is 32.7 Å². The van der Waals surface area contributed by atoms with E-state index in [2.05, 4.69) is 45.9 Å². The van der Waals surface area contributed by atoms with Gasteiger partial charge in [0, 0.05) is 31.6 Å². The van der Waals surface area contributed by atoms with Crippen molar-refractivity contribution in [1.29, 1.82) is 0 Å². The fourth-order valence-electron chi connectivity index (χ4n) is 3.35. The van der Waals surface area contributed by atoms with E-state index in [1.165, 1.54) is 5.69 Å². The summed E-state index contributed by atoms with van der Waals surface area (Å²) in [6.07, 6.45) is 0.952. The van der Waals surface area contributed by atoms with Gasteiger partial charge in [-0.2, -0.15) is 4.68 Å². The Kier molecular flexibility index (Phi) is 3.55. The van der Waals surface area contributed by atoms with Gasteiger partial charge in [0.15, 0.2) is 0 Å². The lowest BCUT2D eigenvalue weighted by Crippen LogP contribution is -2.33. The summed E-state index contributed by atoms with van der Waals surface area (Å²) in [5.41, 5.74) is 3.43. The van der Waals surface area contributed by atoms with Crippen molar-refractivity contribution in [3.63, 3.8) is 0 Å². The zero-order valence-corrected chi connectivity index (χ0v) is 14.2. The number of fused-ring (bicyclic) bond motifs is 1. The molecule has 0 fully saturated rings. The minimum Gasteiger partial charge on any atom is -0.334 e. The normalized spacial score (nSPS) is 14.2. The number of imidazole rings is 1. The van der Waals surface area contributed by atoms with Gasteiger partial charge in [0.25, 0.3) is 5.95 Å². The van der Waals surface area contributed by atoms with Gasteiger partial charge in [0.05, 0.1) is 17.9 Å². The van der Waals surface area contributed by atoms with Gasteiger partial charge in [-0.15, -0.1) is 0 Å². The highest BCUT2D eigenvalue weighted by atomic mass is 15.6. The van der Waals surface area contributed by atoms with Crippen LogP contribution < -0.4 is 4.90 Å². The van der Waals surface area contributed by atoms with Crippen LogP contribution in [-0.4, -0.2) is 36.3 Å². The zero-order chi connectivity index (χ0) is 16.7. The standard InChI is InChI=1S/C17H21N7/c1-12(2)16-18-14-11-23(10-9-15(14)22(16)3)17-19-20-21-24(17)13-7-5-4-6-8-13/h4-8,12H,9-11H2,1-3H3. The largest absolute Gasteiger partial charge is 0.334 e. The Hall–Kier alpha value is -2.70. The summed E-state index contributed by atoms with van der Waals surface area (Å²) >= 11 is 0. The number of aromatic nitrogens is 6. The molecule has 24 heavy (non-hydrogen) atoms. The number of rotatable bonds is 3. The number of hydrogen-bond donors (Lipinski definition) is 0. The third-order valence-electron chi connectivity index (χ3n) is 4.54. The molecule has 7 nitrogen and oxygen atoms in total. The average molecular weight is 323 g/mol. The fourth-order valence-corrected chi connectivity index (χ4v) is 3.35. The second-order valence-corrected chi connectivity index (χ2v) is 6.47. The summed E-state index contributed by atoms with van der Waals surface area (Å²) in [4.78, 5) is 7.06. The van der Waals surface area contributed by atoms with E-state index in [9.17, 15) is 0 Å². The molecule has 2 aromatic heterocycles. The smallest absolute Gasteiger partial charge is 0.250 e. The maximum absolute atomic E-state index is 4.86. The molecule has 124 valence electrons. The SMILES string of the molecule is CC(C)c1nc2c(n1C)CCN(c1nnnn1-c1ccccc1)C2. The van der Waals surface area contributed by atoms with Crippen LogP contribution in [0.2, 0.25) is 0 Å². The Balaban J connectivity index is 1.67. The van der Waals surface area contributed by atoms with Crippen LogP contribution in [0, 0.1) is 0 Å². The van der Waals surface area contributed by atoms with Crippen molar-refractivity contribution in [2.75, 3.05) is 11.4 Å². The third kappa shape index (κ3) is 2.36. The number of benzene rings is 1. The molecule has 3 aromatic rings. The molecule has 1 aliphatic heterocycles. The Bertz CT molecular complexity index is 847. The number of anilines is 1. The fraction of sp³-hybridized carbons (Fsp3) is 0.412. The second kappa shape index (κ2) is 5.74. The third-order valence-corrected chi connectivity index (χ3v) is 4.54. The second-order valence-electron chi connectivity index (χ2n) is 6.47. The highest BCUT2D eigenvalue weighted by Crippen LogP contribution is 2.26. The van der Waals surface area contributed by atoms with Crippen LogP contribution in [0.1, 0.15) is 37.0 Å². The number of nitrogens with zero attached hydrogens (tertiary/aromatic N) is 7. The quantitative estimate of drug-likeness (QED) is 0.738. The van der Waals surface area contributed by atoms with Crippen molar-refractivity contribution in [2.24, 2.45) is 7.05 Å². The lowest BCUT2D eigenvalue weighted by atomic mass is 10.1. The first kappa shape index (κ1) is 14.9. The Morgan fingerprint density at radius 3 is 2.67 bits per heavy atom. The summed E-state index contributed by atoms with van der Waals surface area (Å²) in [5, 5.41) is 12.3. The molecule has 0 unspecified atom stereocenters. The van der Waals surface area contributed by atoms with Gasteiger partial charge < -0.3 is 9.47 Å². The van der Waals surface area contributed by atoms with Gasteiger partial charge in [-0.25, -0.2) is 4.98 Å². The molecule has 0 atom stereocenters. The van der Waals surface area contributed by atoms with Crippen molar-refractivity contribution in [3.05, 3.63) is 47.5 Å². The zero-order valence-electron chi connectivity index (χ0n) is 14.2. The average Bonchev–Trinajstić information content (AvgIpc) is 3.20. The van der Waals surface area contributed by atoms with Gasteiger partial charge >= 0.3 is 0 Å². The first-order chi connectivity index (χ1) is 11.6. The molecule has 0 saturated carbocycles. The summed E-state index contributed by atoms with van der Waals surface area (Å²) in [5.74, 6) is 2.33. The molecular weight excluding hydrogens is 302 g/mol.